The second kappa shape index (κ2) is 13.1. The summed E-state index contributed by atoms with van der Waals surface area (Å²) in [5, 5.41) is 4.68. The van der Waals surface area contributed by atoms with E-state index in [0.29, 0.717) is 5.31 Å². The summed E-state index contributed by atoms with van der Waals surface area (Å²) in [5.74, 6) is 0. The maximum Gasteiger partial charge on any atom is 0.170 e. The fourth-order valence-corrected chi connectivity index (χ4v) is 11.0. The van der Waals surface area contributed by atoms with E-state index in [0.717, 1.165) is 61.6 Å². The van der Waals surface area contributed by atoms with Crippen molar-refractivity contribution in [2.45, 2.75) is 33.6 Å². The van der Waals surface area contributed by atoms with Crippen LogP contribution in [0.25, 0.3) is 11.1 Å². The first kappa shape index (κ1) is 30.5. The minimum absolute atomic E-state index is 0.572. The van der Waals surface area contributed by atoms with E-state index in [4.69, 9.17) is 0 Å². The number of benzene rings is 4. The van der Waals surface area contributed by atoms with Crippen molar-refractivity contribution >= 4 is 35.5 Å². The molecule has 2 atom stereocenters. The molecule has 0 spiro atoms. The minimum Gasteiger partial charge on any atom is -0.309 e. The standard InChI is InChI=1S/C39H38O2P2/c1-5-6-10-17-32(4)42(40,33-18-11-7-12-19-33)36-26-24-30(2)38(28-36)39-29-37(27-25-31(39)3)43(41,34-20-13-8-14-21-34)35-22-15-9-16-23-35/h5-15,17-22,24-29H,4,16,23H2,1-3H3/b6-5-,17-10-. The Labute approximate surface area is 256 Å². The van der Waals surface area contributed by atoms with Crippen LogP contribution in [0.4, 0.5) is 0 Å². The number of allylic oxidation sites excluding steroid dienone is 9. The molecule has 0 aliphatic heterocycles. The summed E-state index contributed by atoms with van der Waals surface area (Å²) >= 11 is 0. The molecular weight excluding hydrogens is 562 g/mol. The number of hydrogen-bond donors (Lipinski definition) is 0. The lowest BCUT2D eigenvalue weighted by Crippen LogP contribution is -2.19. The van der Waals surface area contributed by atoms with E-state index in [1.54, 1.807) is 0 Å². The van der Waals surface area contributed by atoms with Gasteiger partial charge in [0, 0.05) is 26.5 Å². The maximum atomic E-state index is 15.2. The normalized spacial score (nSPS) is 16.1. The topological polar surface area (TPSA) is 34.1 Å². The lowest BCUT2D eigenvalue weighted by Gasteiger charge is -2.25. The zero-order chi connectivity index (χ0) is 30.5. The van der Waals surface area contributed by atoms with Crippen LogP contribution in [0.1, 0.15) is 30.9 Å². The van der Waals surface area contributed by atoms with E-state index in [2.05, 4.69) is 44.7 Å². The molecule has 0 N–H and O–H groups in total. The van der Waals surface area contributed by atoms with Gasteiger partial charge in [0.05, 0.1) is 0 Å². The third-order valence-electron chi connectivity index (χ3n) is 8.09. The second-order valence-corrected chi connectivity index (χ2v) is 16.5. The van der Waals surface area contributed by atoms with Crippen LogP contribution in [0.5, 0.6) is 0 Å². The molecule has 0 saturated heterocycles. The zero-order valence-electron chi connectivity index (χ0n) is 25.1. The lowest BCUT2D eigenvalue weighted by molar-refractivity contribution is 0.589. The van der Waals surface area contributed by atoms with Crippen LogP contribution >= 0.6 is 14.3 Å². The molecule has 0 aromatic heterocycles. The Morgan fingerprint density at radius 2 is 1.30 bits per heavy atom. The van der Waals surface area contributed by atoms with Gasteiger partial charge in [0.1, 0.15) is 0 Å². The molecule has 0 saturated carbocycles. The van der Waals surface area contributed by atoms with Crippen LogP contribution in [0, 0.1) is 13.8 Å². The Morgan fingerprint density at radius 1 is 0.721 bits per heavy atom. The van der Waals surface area contributed by atoms with Gasteiger partial charge in [0.15, 0.2) is 14.3 Å². The zero-order valence-corrected chi connectivity index (χ0v) is 26.9. The van der Waals surface area contributed by atoms with E-state index in [-0.39, 0.29) is 0 Å². The predicted octanol–water partition coefficient (Wildman–Crippen LogP) is 9.48. The predicted molar refractivity (Wildman–Crippen MR) is 188 cm³/mol. The molecule has 1 aliphatic carbocycles. The SMILES string of the molecule is C=C(/C=C\C=C/C)P(=O)(c1ccccc1)c1ccc(C)c(-c2cc(P(=O)(C3=CC=CCC3)c3ccccc3)ccc2C)c1. The summed E-state index contributed by atoms with van der Waals surface area (Å²) in [6.45, 7) is 10.4. The summed E-state index contributed by atoms with van der Waals surface area (Å²) < 4.78 is 30.3. The molecule has 43 heavy (non-hydrogen) atoms. The average Bonchev–Trinajstić information content (AvgIpc) is 3.06. The van der Waals surface area contributed by atoms with Crippen molar-refractivity contribution in [3.8, 4) is 11.1 Å². The highest BCUT2D eigenvalue weighted by Gasteiger charge is 2.33. The van der Waals surface area contributed by atoms with Crippen molar-refractivity contribution in [2.24, 2.45) is 0 Å². The van der Waals surface area contributed by atoms with Crippen molar-refractivity contribution in [1.29, 1.82) is 0 Å². The number of aryl methyl sites for hydroxylation is 2. The molecule has 0 heterocycles. The van der Waals surface area contributed by atoms with Gasteiger partial charge in [0.2, 0.25) is 0 Å². The molecule has 4 aromatic rings. The van der Waals surface area contributed by atoms with Gasteiger partial charge < -0.3 is 9.13 Å². The van der Waals surface area contributed by atoms with Crippen LogP contribution < -0.4 is 21.2 Å². The summed E-state index contributed by atoms with van der Waals surface area (Å²) in [6.07, 6.45) is 15.4. The second-order valence-electron chi connectivity index (χ2n) is 10.9. The van der Waals surface area contributed by atoms with Gasteiger partial charge >= 0.3 is 0 Å². The third kappa shape index (κ3) is 5.96. The molecule has 0 radical (unpaired) electrons. The van der Waals surface area contributed by atoms with E-state index in [1.165, 1.54) is 0 Å². The largest absolute Gasteiger partial charge is 0.309 e. The highest BCUT2D eigenvalue weighted by Crippen LogP contribution is 2.55. The summed E-state index contributed by atoms with van der Waals surface area (Å²) in [5.41, 5.74) is 4.11. The molecular formula is C39H38O2P2. The Hall–Kier alpha value is -3.96. The molecule has 2 unspecified atom stereocenters. The van der Waals surface area contributed by atoms with Crippen molar-refractivity contribution < 1.29 is 9.13 Å². The van der Waals surface area contributed by atoms with Gasteiger partial charge in [-0.05, 0) is 73.3 Å². The number of rotatable bonds is 9. The van der Waals surface area contributed by atoms with Gasteiger partial charge in [-0.15, -0.1) is 0 Å². The molecule has 0 bridgehead atoms. The van der Waals surface area contributed by atoms with Gasteiger partial charge in [0.25, 0.3) is 0 Å². The smallest absolute Gasteiger partial charge is 0.170 e. The van der Waals surface area contributed by atoms with Crippen LogP contribution in [0.15, 0.2) is 157 Å². The molecule has 4 heteroatoms. The first-order valence-electron chi connectivity index (χ1n) is 14.7. The molecule has 5 rings (SSSR count). The van der Waals surface area contributed by atoms with Gasteiger partial charge in [-0.2, -0.15) is 0 Å². The van der Waals surface area contributed by atoms with Crippen LogP contribution in [0.2, 0.25) is 0 Å². The van der Waals surface area contributed by atoms with E-state index in [9.17, 15) is 0 Å². The van der Waals surface area contributed by atoms with Crippen molar-refractivity contribution in [3.05, 3.63) is 168 Å². The van der Waals surface area contributed by atoms with Crippen molar-refractivity contribution in [3.63, 3.8) is 0 Å². The van der Waals surface area contributed by atoms with Gasteiger partial charge in [-0.3, -0.25) is 0 Å². The first-order valence-corrected chi connectivity index (χ1v) is 18.1. The molecule has 216 valence electrons. The maximum absolute atomic E-state index is 15.2. The highest BCUT2D eigenvalue weighted by atomic mass is 31.2. The Balaban J connectivity index is 1.70. The molecule has 0 fully saturated rings. The third-order valence-corrected chi connectivity index (χ3v) is 14.3. The minimum atomic E-state index is -3.24. The van der Waals surface area contributed by atoms with Crippen LogP contribution in [-0.4, -0.2) is 0 Å². The Bertz CT molecular complexity index is 1860. The van der Waals surface area contributed by atoms with Gasteiger partial charge in [-0.25, -0.2) is 0 Å². The van der Waals surface area contributed by atoms with E-state index in [1.807, 2.05) is 122 Å². The van der Waals surface area contributed by atoms with Crippen LogP contribution in [-0.2, 0) is 9.13 Å². The Kier molecular flexibility index (Phi) is 9.31. The van der Waals surface area contributed by atoms with Crippen LogP contribution in [0.3, 0.4) is 0 Å². The van der Waals surface area contributed by atoms with Crippen molar-refractivity contribution in [1.82, 2.24) is 0 Å². The molecule has 4 aromatic carbocycles. The quantitative estimate of drug-likeness (QED) is 0.142. The lowest BCUT2D eigenvalue weighted by atomic mass is 9.97. The summed E-state index contributed by atoms with van der Waals surface area (Å²) in [4.78, 5) is 0. The Morgan fingerprint density at radius 3 is 1.88 bits per heavy atom. The van der Waals surface area contributed by atoms with E-state index < -0.39 is 14.3 Å². The molecule has 1 aliphatic rings. The fraction of sp³-hybridized carbons (Fsp3) is 0.128. The number of hydrogen-bond acceptors (Lipinski definition) is 2. The summed E-state index contributed by atoms with van der Waals surface area (Å²) in [7, 11) is -6.32. The average molecular weight is 601 g/mol. The highest BCUT2D eigenvalue weighted by molar-refractivity contribution is 7.83. The molecule has 0 amide bonds. The van der Waals surface area contributed by atoms with E-state index >= 15 is 9.13 Å². The monoisotopic (exact) mass is 600 g/mol. The van der Waals surface area contributed by atoms with Gasteiger partial charge in [-0.1, -0.05) is 134 Å². The first-order chi connectivity index (χ1) is 20.8. The fourth-order valence-electron chi connectivity index (χ4n) is 5.66. The van der Waals surface area contributed by atoms with Crippen molar-refractivity contribution in [2.75, 3.05) is 0 Å². The summed E-state index contributed by atoms with van der Waals surface area (Å²) in [6, 6.07) is 31.7. The molecule has 2 nitrogen and oxygen atoms in total.